The van der Waals surface area contributed by atoms with Crippen molar-refractivity contribution in [2.24, 2.45) is 5.92 Å². The van der Waals surface area contributed by atoms with Crippen LogP contribution in [-0.4, -0.2) is 28.8 Å². The molecule has 1 atom stereocenters. The molecule has 1 saturated carbocycles. The van der Waals surface area contributed by atoms with E-state index in [2.05, 4.69) is 15.5 Å². The third kappa shape index (κ3) is 4.74. The van der Waals surface area contributed by atoms with E-state index in [1.54, 1.807) is 0 Å². The molecule has 3 rings (SSSR count). The Morgan fingerprint density at radius 1 is 1.18 bits per heavy atom. The van der Waals surface area contributed by atoms with E-state index >= 15 is 0 Å². The van der Waals surface area contributed by atoms with Crippen LogP contribution in [0.3, 0.4) is 0 Å². The third-order valence-electron chi connectivity index (χ3n) is 4.62. The Hall–Kier alpha value is -1.01. The van der Waals surface area contributed by atoms with Gasteiger partial charge >= 0.3 is 0 Å². The molecule has 2 aliphatic rings. The molecular weight excluding hydrogens is 298 g/mol. The first-order chi connectivity index (χ1) is 10.8. The SMILES string of the molecule is O=C(CC[C@@H]1CCCO1)Nc1nnc(CC2CCCCC2)s1. The summed E-state index contributed by atoms with van der Waals surface area (Å²) >= 11 is 1.53. The number of nitrogens with one attached hydrogen (secondary N) is 1. The second-order valence-corrected chi connectivity index (χ2v) is 7.49. The average Bonchev–Trinajstić information content (AvgIpc) is 3.18. The maximum Gasteiger partial charge on any atom is 0.226 e. The molecule has 1 aliphatic carbocycles. The quantitative estimate of drug-likeness (QED) is 0.869. The summed E-state index contributed by atoms with van der Waals surface area (Å²) in [5.41, 5.74) is 0. The molecule has 0 radical (unpaired) electrons. The number of ether oxygens (including phenoxy) is 1. The minimum absolute atomic E-state index is 0.0240. The Morgan fingerprint density at radius 3 is 2.82 bits per heavy atom. The molecular formula is C16H25N3O2S. The highest BCUT2D eigenvalue weighted by Gasteiger charge is 2.19. The van der Waals surface area contributed by atoms with Gasteiger partial charge in [0.25, 0.3) is 0 Å². The summed E-state index contributed by atoms with van der Waals surface area (Å²) in [5, 5.41) is 12.9. The van der Waals surface area contributed by atoms with Gasteiger partial charge in [0.05, 0.1) is 6.10 Å². The standard InChI is InChI=1S/C16H25N3O2S/c20-14(9-8-13-7-4-10-21-13)17-16-19-18-15(22-16)11-12-5-2-1-3-6-12/h12-13H,1-11H2,(H,17,19,20)/t13-/m0/s1. The predicted octanol–water partition coefficient (Wildman–Crippen LogP) is 3.56. The molecule has 0 spiro atoms. The molecule has 1 N–H and O–H groups in total. The van der Waals surface area contributed by atoms with Crippen LogP contribution in [0.2, 0.25) is 0 Å². The van der Waals surface area contributed by atoms with Gasteiger partial charge < -0.3 is 10.1 Å². The van der Waals surface area contributed by atoms with E-state index in [4.69, 9.17) is 4.74 Å². The van der Waals surface area contributed by atoms with Gasteiger partial charge in [0.15, 0.2) is 0 Å². The van der Waals surface area contributed by atoms with Gasteiger partial charge in [-0.1, -0.05) is 43.4 Å². The molecule has 2 fully saturated rings. The molecule has 1 aromatic heterocycles. The van der Waals surface area contributed by atoms with Crippen LogP contribution >= 0.6 is 11.3 Å². The molecule has 122 valence electrons. The highest BCUT2D eigenvalue weighted by atomic mass is 32.1. The number of carbonyl (C=O) groups is 1. The topological polar surface area (TPSA) is 64.1 Å². The molecule has 22 heavy (non-hydrogen) atoms. The van der Waals surface area contributed by atoms with Crippen molar-refractivity contribution in [1.82, 2.24) is 10.2 Å². The van der Waals surface area contributed by atoms with Gasteiger partial charge in [-0.2, -0.15) is 0 Å². The van der Waals surface area contributed by atoms with E-state index in [1.807, 2.05) is 0 Å². The predicted molar refractivity (Wildman–Crippen MR) is 87.0 cm³/mol. The number of anilines is 1. The molecule has 0 unspecified atom stereocenters. The van der Waals surface area contributed by atoms with E-state index in [0.717, 1.165) is 43.2 Å². The largest absolute Gasteiger partial charge is 0.378 e. The van der Waals surface area contributed by atoms with Crippen molar-refractivity contribution >= 4 is 22.4 Å². The molecule has 0 aromatic carbocycles. The highest BCUT2D eigenvalue weighted by Crippen LogP contribution is 2.28. The number of nitrogens with zero attached hydrogens (tertiary/aromatic N) is 2. The van der Waals surface area contributed by atoms with Crippen LogP contribution in [0.4, 0.5) is 5.13 Å². The Kier molecular flexibility index (Phi) is 5.78. The maximum atomic E-state index is 11.9. The highest BCUT2D eigenvalue weighted by molar-refractivity contribution is 7.15. The Bertz CT molecular complexity index is 479. The fourth-order valence-electron chi connectivity index (χ4n) is 3.37. The van der Waals surface area contributed by atoms with Gasteiger partial charge in [0.1, 0.15) is 5.01 Å². The molecule has 1 aliphatic heterocycles. The van der Waals surface area contributed by atoms with Crippen LogP contribution in [0.5, 0.6) is 0 Å². The zero-order chi connectivity index (χ0) is 15.2. The summed E-state index contributed by atoms with van der Waals surface area (Å²) < 4.78 is 5.54. The zero-order valence-electron chi connectivity index (χ0n) is 13.1. The van der Waals surface area contributed by atoms with E-state index < -0.39 is 0 Å². The summed E-state index contributed by atoms with van der Waals surface area (Å²) in [5.74, 6) is 0.778. The second kappa shape index (κ2) is 8.02. The minimum Gasteiger partial charge on any atom is -0.378 e. The maximum absolute atomic E-state index is 11.9. The van der Waals surface area contributed by atoms with Crippen molar-refractivity contribution in [3.8, 4) is 0 Å². The summed E-state index contributed by atoms with van der Waals surface area (Å²) in [6.45, 7) is 0.840. The van der Waals surface area contributed by atoms with Gasteiger partial charge in [-0.25, -0.2) is 0 Å². The smallest absolute Gasteiger partial charge is 0.226 e. The van der Waals surface area contributed by atoms with Gasteiger partial charge in [0.2, 0.25) is 11.0 Å². The Labute approximate surface area is 135 Å². The second-order valence-electron chi connectivity index (χ2n) is 6.43. The van der Waals surface area contributed by atoms with Gasteiger partial charge in [-0.3, -0.25) is 4.79 Å². The average molecular weight is 323 g/mol. The van der Waals surface area contributed by atoms with Gasteiger partial charge in [-0.05, 0) is 25.2 Å². The molecule has 1 amide bonds. The van der Waals surface area contributed by atoms with Crippen LogP contribution in [0.25, 0.3) is 0 Å². The Balaban J connectivity index is 1.41. The van der Waals surface area contributed by atoms with E-state index in [-0.39, 0.29) is 12.0 Å². The number of hydrogen-bond acceptors (Lipinski definition) is 5. The zero-order valence-corrected chi connectivity index (χ0v) is 13.9. The summed E-state index contributed by atoms with van der Waals surface area (Å²) in [4.78, 5) is 11.9. The molecule has 5 nitrogen and oxygen atoms in total. The lowest BCUT2D eigenvalue weighted by Gasteiger charge is -2.19. The lowest BCUT2D eigenvalue weighted by molar-refractivity contribution is -0.116. The normalized spacial score (nSPS) is 22.8. The molecule has 1 saturated heterocycles. The monoisotopic (exact) mass is 323 g/mol. The van der Waals surface area contributed by atoms with Gasteiger partial charge in [-0.15, -0.1) is 10.2 Å². The van der Waals surface area contributed by atoms with Crippen molar-refractivity contribution in [3.05, 3.63) is 5.01 Å². The van der Waals surface area contributed by atoms with Gasteiger partial charge in [0, 0.05) is 19.4 Å². The van der Waals surface area contributed by atoms with Crippen molar-refractivity contribution in [2.75, 3.05) is 11.9 Å². The minimum atomic E-state index is 0.0240. The fourth-order valence-corrected chi connectivity index (χ4v) is 4.24. The van der Waals surface area contributed by atoms with Crippen LogP contribution in [0.1, 0.15) is 62.8 Å². The van der Waals surface area contributed by atoms with E-state index in [1.165, 1.54) is 43.4 Å². The number of hydrogen-bond donors (Lipinski definition) is 1. The lowest BCUT2D eigenvalue weighted by atomic mass is 9.87. The number of rotatable bonds is 6. The summed E-state index contributed by atoms with van der Waals surface area (Å²) in [7, 11) is 0. The fraction of sp³-hybridized carbons (Fsp3) is 0.812. The number of aromatic nitrogens is 2. The van der Waals surface area contributed by atoms with Crippen molar-refractivity contribution in [2.45, 2.75) is 70.3 Å². The Morgan fingerprint density at radius 2 is 2.05 bits per heavy atom. The van der Waals surface area contributed by atoms with Crippen LogP contribution in [0.15, 0.2) is 0 Å². The third-order valence-corrected chi connectivity index (χ3v) is 5.48. The first-order valence-corrected chi connectivity index (χ1v) is 9.35. The van der Waals surface area contributed by atoms with Crippen LogP contribution in [0, 0.1) is 5.92 Å². The van der Waals surface area contributed by atoms with Crippen molar-refractivity contribution in [3.63, 3.8) is 0 Å². The summed E-state index contributed by atoms with van der Waals surface area (Å²) in [6, 6.07) is 0. The molecule has 0 bridgehead atoms. The van der Waals surface area contributed by atoms with E-state index in [9.17, 15) is 4.79 Å². The summed E-state index contributed by atoms with van der Waals surface area (Å²) in [6.07, 6.45) is 11.5. The van der Waals surface area contributed by atoms with Crippen LogP contribution < -0.4 is 5.32 Å². The van der Waals surface area contributed by atoms with Crippen molar-refractivity contribution < 1.29 is 9.53 Å². The molecule has 1 aromatic rings. The van der Waals surface area contributed by atoms with Crippen LogP contribution in [-0.2, 0) is 16.0 Å². The first-order valence-electron chi connectivity index (χ1n) is 8.53. The molecule has 2 heterocycles. The number of carbonyl (C=O) groups excluding carboxylic acids is 1. The first kappa shape index (κ1) is 15.9. The lowest BCUT2D eigenvalue weighted by Crippen LogP contribution is -2.15. The van der Waals surface area contributed by atoms with Crippen molar-refractivity contribution in [1.29, 1.82) is 0 Å². The van der Waals surface area contributed by atoms with E-state index in [0.29, 0.717) is 11.6 Å². The number of amides is 1. The molecule has 6 heteroatoms.